The number of piperidine rings is 1. The van der Waals surface area contributed by atoms with Crippen molar-refractivity contribution in [2.45, 2.75) is 32.1 Å². The molecule has 1 aromatic rings. The van der Waals surface area contributed by atoms with Crippen molar-refractivity contribution in [3.05, 3.63) is 29.8 Å². The smallest absolute Gasteiger partial charge is 0.223 e. The SMILES string of the molecule is COc1ccc(C(C)(C)CNC(=O)C2CCNCC2)cc1.Cl. The zero-order valence-corrected chi connectivity index (χ0v) is 14.5. The van der Waals surface area contributed by atoms with Crippen LogP contribution >= 0.6 is 12.4 Å². The predicted octanol–water partition coefficient (Wildman–Crippen LogP) is 2.51. The molecule has 2 N–H and O–H groups in total. The summed E-state index contributed by atoms with van der Waals surface area (Å²) in [5, 5.41) is 6.41. The molecular weight excluding hydrogens is 300 g/mol. The van der Waals surface area contributed by atoms with E-state index in [2.05, 4.69) is 36.6 Å². The van der Waals surface area contributed by atoms with Gasteiger partial charge in [-0.15, -0.1) is 12.4 Å². The summed E-state index contributed by atoms with van der Waals surface area (Å²) >= 11 is 0. The van der Waals surface area contributed by atoms with E-state index in [1.165, 1.54) is 5.56 Å². The molecule has 0 unspecified atom stereocenters. The minimum absolute atomic E-state index is 0. The molecular formula is C17H27ClN2O2. The molecule has 1 aliphatic rings. The normalized spacial score (nSPS) is 15.8. The van der Waals surface area contributed by atoms with Gasteiger partial charge in [0.05, 0.1) is 7.11 Å². The molecule has 124 valence electrons. The second-order valence-electron chi connectivity index (χ2n) is 6.35. The van der Waals surface area contributed by atoms with E-state index in [1.54, 1.807) is 7.11 Å². The van der Waals surface area contributed by atoms with Gasteiger partial charge in [0.2, 0.25) is 5.91 Å². The molecule has 0 atom stereocenters. The van der Waals surface area contributed by atoms with Gasteiger partial charge < -0.3 is 15.4 Å². The van der Waals surface area contributed by atoms with E-state index in [1.807, 2.05) is 12.1 Å². The molecule has 0 radical (unpaired) electrons. The second kappa shape index (κ2) is 8.39. The lowest BCUT2D eigenvalue weighted by molar-refractivity contribution is -0.125. The van der Waals surface area contributed by atoms with E-state index < -0.39 is 0 Å². The van der Waals surface area contributed by atoms with E-state index in [0.717, 1.165) is 31.7 Å². The lowest BCUT2D eigenvalue weighted by Gasteiger charge is -2.28. The Balaban J connectivity index is 0.00000242. The first-order chi connectivity index (χ1) is 10.0. The number of nitrogens with one attached hydrogen (secondary N) is 2. The van der Waals surface area contributed by atoms with E-state index in [4.69, 9.17) is 4.74 Å². The van der Waals surface area contributed by atoms with E-state index in [9.17, 15) is 4.79 Å². The fourth-order valence-electron chi connectivity index (χ4n) is 2.68. The van der Waals surface area contributed by atoms with Crippen LogP contribution in [0.1, 0.15) is 32.3 Å². The van der Waals surface area contributed by atoms with Crippen LogP contribution < -0.4 is 15.4 Å². The molecule has 0 aliphatic carbocycles. The summed E-state index contributed by atoms with van der Waals surface area (Å²) < 4.78 is 5.18. The molecule has 0 bridgehead atoms. The summed E-state index contributed by atoms with van der Waals surface area (Å²) in [5.74, 6) is 1.21. The van der Waals surface area contributed by atoms with Crippen molar-refractivity contribution in [1.82, 2.24) is 10.6 Å². The Bertz CT molecular complexity index is 468. The van der Waals surface area contributed by atoms with Crippen LogP contribution in [0.5, 0.6) is 5.75 Å². The molecule has 1 amide bonds. The largest absolute Gasteiger partial charge is 0.497 e. The number of halogens is 1. The molecule has 1 fully saturated rings. The Kier molecular flexibility index (Phi) is 7.17. The van der Waals surface area contributed by atoms with Crippen molar-refractivity contribution in [2.24, 2.45) is 5.92 Å². The summed E-state index contributed by atoms with van der Waals surface area (Å²) in [7, 11) is 1.67. The maximum absolute atomic E-state index is 12.2. The number of amides is 1. The molecule has 5 heteroatoms. The van der Waals surface area contributed by atoms with Crippen LogP contribution in [-0.4, -0.2) is 32.7 Å². The number of carbonyl (C=O) groups excluding carboxylic acids is 1. The third-order valence-electron chi connectivity index (χ3n) is 4.29. The highest BCUT2D eigenvalue weighted by Gasteiger charge is 2.25. The molecule has 1 aliphatic heterocycles. The number of rotatable bonds is 5. The van der Waals surface area contributed by atoms with Crippen LogP contribution in [0.3, 0.4) is 0 Å². The molecule has 0 saturated carbocycles. The molecule has 1 saturated heterocycles. The minimum atomic E-state index is -0.0884. The van der Waals surface area contributed by atoms with Crippen LogP contribution in [0, 0.1) is 5.92 Å². The van der Waals surface area contributed by atoms with Gasteiger partial charge in [-0.05, 0) is 43.6 Å². The van der Waals surface area contributed by atoms with E-state index in [0.29, 0.717) is 6.54 Å². The van der Waals surface area contributed by atoms with Crippen molar-refractivity contribution in [3.63, 3.8) is 0 Å². The lowest BCUT2D eigenvalue weighted by Crippen LogP contribution is -2.42. The molecule has 1 aromatic carbocycles. The van der Waals surface area contributed by atoms with Gasteiger partial charge >= 0.3 is 0 Å². The number of ether oxygens (including phenoxy) is 1. The van der Waals surface area contributed by atoms with Crippen LogP contribution in [0.25, 0.3) is 0 Å². The van der Waals surface area contributed by atoms with Gasteiger partial charge in [0.25, 0.3) is 0 Å². The molecule has 22 heavy (non-hydrogen) atoms. The fraction of sp³-hybridized carbons (Fsp3) is 0.588. The van der Waals surface area contributed by atoms with Gasteiger partial charge in [-0.1, -0.05) is 26.0 Å². The monoisotopic (exact) mass is 326 g/mol. The quantitative estimate of drug-likeness (QED) is 0.874. The summed E-state index contributed by atoms with van der Waals surface area (Å²) in [6, 6.07) is 8.06. The number of benzene rings is 1. The maximum atomic E-state index is 12.2. The van der Waals surface area contributed by atoms with Crippen LogP contribution in [0.15, 0.2) is 24.3 Å². The first-order valence-corrected chi connectivity index (χ1v) is 7.66. The van der Waals surface area contributed by atoms with Gasteiger partial charge in [-0.25, -0.2) is 0 Å². The highest BCUT2D eigenvalue weighted by Crippen LogP contribution is 2.25. The van der Waals surface area contributed by atoms with Crippen molar-refractivity contribution in [2.75, 3.05) is 26.7 Å². The number of hydrogen-bond acceptors (Lipinski definition) is 3. The highest BCUT2D eigenvalue weighted by molar-refractivity contribution is 5.85. The molecule has 1 heterocycles. The van der Waals surface area contributed by atoms with Gasteiger partial charge in [0, 0.05) is 17.9 Å². The molecule has 0 aromatic heterocycles. The first kappa shape index (κ1) is 18.8. The van der Waals surface area contributed by atoms with E-state index in [-0.39, 0.29) is 29.6 Å². The predicted molar refractivity (Wildman–Crippen MR) is 91.9 cm³/mol. The van der Waals surface area contributed by atoms with Crippen molar-refractivity contribution in [3.8, 4) is 5.75 Å². The van der Waals surface area contributed by atoms with Gasteiger partial charge in [0.1, 0.15) is 5.75 Å². The van der Waals surface area contributed by atoms with Gasteiger partial charge in [0.15, 0.2) is 0 Å². The van der Waals surface area contributed by atoms with Crippen LogP contribution in [-0.2, 0) is 10.2 Å². The van der Waals surface area contributed by atoms with Crippen LogP contribution in [0.4, 0.5) is 0 Å². The highest BCUT2D eigenvalue weighted by atomic mass is 35.5. The van der Waals surface area contributed by atoms with Gasteiger partial charge in [-0.3, -0.25) is 4.79 Å². The first-order valence-electron chi connectivity index (χ1n) is 7.66. The summed E-state index contributed by atoms with van der Waals surface area (Å²) in [5.41, 5.74) is 1.11. The molecule has 2 rings (SSSR count). The Hall–Kier alpha value is -1.26. The minimum Gasteiger partial charge on any atom is -0.497 e. The summed E-state index contributed by atoms with van der Waals surface area (Å²) in [6.07, 6.45) is 1.88. The topological polar surface area (TPSA) is 50.4 Å². The summed E-state index contributed by atoms with van der Waals surface area (Å²) in [6.45, 7) is 6.84. The van der Waals surface area contributed by atoms with Crippen molar-refractivity contribution in [1.29, 1.82) is 0 Å². The zero-order valence-electron chi connectivity index (χ0n) is 13.6. The Morgan fingerprint density at radius 1 is 1.27 bits per heavy atom. The number of hydrogen-bond donors (Lipinski definition) is 2. The second-order valence-corrected chi connectivity index (χ2v) is 6.35. The third-order valence-corrected chi connectivity index (χ3v) is 4.29. The Labute approximate surface area is 139 Å². The summed E-state index contributed by atoms with van der Waals surface area (Å²) in [4.78, 5) is 12.2. The Morgan fingerprint density at radius 3 is 2.41 bits per heavy atom. The van der Waals surface area contributed by atoms with E-state index >= 15 is 0 Å². The number of carbonyl (C=O) groups is 1. The number of methoxy groups -OCH3 is 1. The average Bonchev–Trinajstić information content (AvgIpc) is 2.53. The fourth-order valence-corrected chi connectivity index (χ4v) is 2.68. The lowest BCUT2D eigenvalue weighted by atomic mass is 9.84. The average molecular weight is 327 g/mol. The van der Waals surface area contributed by atoms with Crippen molar-refractivity contribution >= 4 is 18.3 Å². The zero-order chi connectivity index (χ0) is 15.3. The standard InChI is InChI=1S/C17H26N2O2.ClH/c1-17(2,14-4-6-15(21-3)7-5-14)12-19-16(20)13-8-10-18-11-9-13;/h4-7,13,18H,8-12H2,1-3H3,(H,19,20);1H. The third kappa shape index (κ3) is 4.89. The van der Waals surface area contributed by atoms with Crippen LogP contribution in [0.2, 0.25) is 0 Å². The molecule has 0 spiro atoms. The van der Waals surface area contributed by atoms with Gasteiger partial charge in [-0.2, -0.15) is 0 Å². The van der Waals surface area contributed by atoms with Crippen molar-refractivity contribution < 1.29 is 9.53 Å². The Morgan fingerprint density at radius 2 is 1.86 bits per heavy atom. The maximum Gasteiger partial charge on any atom is 0.223 e. The molecule has 4 nitrogen and oxygen atoms in total.